The smallest absolute Gasteiger partial charge is 0.236 e. The van der Waals surface area contributed by atoms with E-state index in [-0.39, 0.29) is 18.4 Å². The second-order valence-corrected chi connectivity index (χ2v) is 6.05. The van der Waals surface area contributed by atoms with Crippen molar-refractivity contribution in [1.29, 1.82) is 0 Å². The first-order valence-corrected chi connectivity index (χ1v) is 7.52. The Labute approximate surface area is 129 Å². The molecule has 0 radical (unpaired) electrons. The molecule has 1 amide bonds. The fourth-order valence-corrected chi connectivity index (χ4v) is 3.44. The topological polar surface area (TPSA) is 85.0 Å². The van der Waals surface area contributed by atoms with Gasteiger partial charge < -0.3 is 25.2 Å². The summed E-state index contributed by atoms with van der Waals surface area (Å²) in [6.45, 7) is 1.20. The maximum atomic E-state index is 11.8. The summed E-state index contributed by atoms with van der Waals surface area (Å²) in [7, 11) is 1.64. The molecule has 2 aliphatic heterocycles. The SMILES string of the molecule is COc1cccc([C@@H]2CO[C@]3(C2)CN(C(=O)CN)C[C@H]3O)c1. The number of nitrogens with two attached hydrogens (primary N) is 1. The molecular weight excluding hydrogens is 284 g/mol. The number of carbonyl (C=O) groups excluding carboxylic acids is 1. The molecule has 120 valence electrons. The maximum Gasteiger partial charge on any atom is 0.236 e. The molecule has 0 unspecified atom stereocenters. The van der Waals surface area contributed by atoms with Gasteiger partial charge in [0.15, 0.2) is 0 Å². The van der Waals surface area contributed by atoms with Crippen molar-refractivity contribution in [3.05, 3.63) is 29.8 Å². The summed E-state index contributed by atoms with van der Waals surface area (Å²) in [5.41, 5.74) is 5.87. The van der Waals surface area contributed by atoms with Crippen molar-refractivity contribution in [3.8, 4) is 5.75 Å². The van der Waals surface area contributed by atoms with Crippen LogP contribution in [0.1, 0.15) is 17.9 Å². The zero-order valence-corrected chi connectivity index (χ0v) is 12.7. The van der Waals surface area contributed by atoms with E-state index in [1.165, 1.54) is 0 Å². The Morgan fingerprint density at radius 3 is 3.14 bits per heavy atom. The summed E-state index contributed by atoms with van der Waals surface area (Å²) in [5.74, 6) is 0.854. The van der Waals surface area contributed by atoms with Crippen molar-refractivity contribution < 1.29 is 19.4 Å². The Morgan fingerprint density at radius 2 is 2.41 bits per heavy atom. The monoisotopic (exact) mass is 306 g/mol. The van der Waals surface area contributed by atoms with Crippen LogP contribution in [0.2, 0.25) is 0 Å². The summed E-state index contributed by atoms with van der Waals surface area (Å²) in [6, 6.07) is 7.90. The summed E-state index contributed by atoms with van der Waals surface area (Å²) >= 11 is 0. The normalized spacial score (nSPS) is 31.0. The first-order valence-electron chi connectivity index (χ1n) is 7.52. The quantitative estimate of drug-likeness (QED) is 0.827. The molecule has 2 aliphatic rings. The number of ether oxygens (including phenoxy) is 2. The van der Waals surface area contributed by atoms with E-state index in [9.17, 15) is 9.90 Å². The third-order valence-electron chi connectivity index (χ3n) is 4.72. The first kappa shape index (κ1) is 15.3. The largest absolute Gasteiger partial charge is 0.497 e. The van der Waals surface area contributed by atoms with Crippen molar-refractivity contribution in [2.75, 3.05) is 33.4 Å². The molecule has 3 N–H and O–H groups in total. The van der Waals surface area contributed by atoms with Crippen LogP contribution in [0.5, 0.6) is 5.75 Å². The Hall–Kier alpha value is -1.63. The van der Waals surface area contributed by atoms with Crippen LogP contribution in [0, 0.1) is 0 Å². The van der Waals surface area contributed by atoms with Gasteiger partial charge in [-0.1, -0.05) is 12.1 Å². The minimum absolute atomic E-state index is 0.0396. The molecule has 0 aliphatic carbocycles. The van der Waals surface area contributed by atoms with Gasteiger partial charge in [-0.05, 0) is 24.1 Å². The van der Waals surface area contributed by atoms with Crippen LogP contribution in [-0.2, 0) is 9.53 Å². The number of hydrogen-bond acceptors (Lipinski definition) is 5. The molecule has 3 rings (SSSR count). The number of aliphatic hydroxyl groups is 1. The zero-order chi connectivity index (χ0) is 15.7. The van der Waals surface area contributed by atoms with Gasteiger partial charge in [-0.2, -0.15) is 0 Å². The van der Waals surface area contributed by atoms with E-state index in [0.29, 0.717) is 26.1 Å². The molecule has 2 fully saturated rings. The highest BCUT2D eigenvalue weighted by Crippen LogP contribution is 2.42. The number of benzene rings is 1. The van der Waals surface area contributed by atoms with Crippen molar-refractivity contribution in [2.45, 2.75) is 24.0 Å². The highest BCUT2D eigenvalue weighted by molar-refractivity contribution is 5.78. The van der Waals surface area contributed by atoms with E-state index in [1.807, 2.05) is 24.3 Å². The molecule has 0 bridgehead atoms. The standard InChI is InChI=1S/C16H22N2O4/c1-21-13-4-2-3-11(5-13)12-6-16(22-9-12)10-18(8-14(16)19)15(20)7-17/h2-5,12,14,19H,6-10,17H2,1H3/t12-,14+,16+/m0/s1. The second-order valence-electron chi connectivity index (χ2n) is 6.05. The van der Waals surface area contributed by atoms with Gasteiger partial charge in [0.1, 0.15) is 17.5 Å². The van der Waals surface area contributed by atoms with Gasteiger partial charge in [0.2, 0.25) is 5.91 Å². The first-order chi connectivity index (χ1) is 10.6. The van der Waals surface area contributed by atoms with Crippen LogP contribution < -0.4 is 10.5 Å². The molecule has 3 atom stereocenters. The average Bonchev–Trinajstić information content (AvgIpc) is 3.12. The molecule has 2 heterocycles. The Balaban J connectivity index is 1.75. The molecule has 1 aromatic rings. The lowest BCUT2D eigenvalue weighted by Crippen LogP contribution is -2.41. The van der Waals surface area contributed by atoms with Crippen LogP contribution >= 0.6 is 0 Å². The van der Waals surface area contributed by atoms with Crippen LogP contribution in [0.3, 0.4) is 0 Å². The molecule has 22 heavy (non-hydrogen) atoms. The lowest BCUT2D eigenvalue weighted by atomic mass is 9.87. The van der Waals surface area contributed by atoms with Gasteiger partial charge >= 0.3 is 0 Å². The number of methoxy groups -OCH3 is 1. The van der Waals surface area contributed by atoms with Gasteiger partial charge in [0.25, 0.3) is 0 Å². The second kappa shape index (κ2) is 5.87. The van der Waals surface area contributed by atoms with E-state index in [4.69, 9.17) is 15.2 Å². The zero-order valence-electron chi connectivity index (χ0n) is 12.7. The van der Waals surface area contributed by atoms with Gasteiger partial charge in [-0.25, -0.2) is 0 Å². The Morgan fingerprint density at radius 1 is 1.59 bits per heavy atom. The molecule has 2 saturated heterocycles. The molecule has 6 heteroatoms. The van der Waals surface area contributed by atoms with Gasteiger partial charge in [0, 0.05) is 12.5 Å². The third-order valence-corrected chi connectivity index (χ3v) is 4.72. The fourth-order valence-electron chi connectivity index (χ4n) is 3.44. The number of aliphatic hydroxyl groups excluding tert-OH is 1. The number of rotatable bonds is 3. The lowest BCUT2D eigenvalue weighted by Gasteiger charge is -2.25. The van der Waals surface area contributed by atoms with Gasteiger partial charge in [-0.15, -0.1) is 0 Å². The van der Waals surface area contributed by atoms with E-state index in [0.717, 1.165) is 11.3 Å². The highest BCUT2D eigenvalue weighted by Gasteiger charge is 2.53. The van der Waals surface area contributed by atoms with Crippen LogP contribution in [0.15, 0.2) is 24.3 Å². The van der Waals surface area contributed by atoms with Crippen molar-refractivity contribution >= 4 is 5.91 Å². The van der Waals surface area contributed by atoms with Crippen molar-refractivity contribution in [2.24, 2.45) is 5.73 Å². The third kappa shape index (κ3) is 2.58. The van der Waals surface area contributed by atoms with Gasteiger partial charge in [-0.3, -0.25) is 4.79 Å². The predicted molar refractivity (Wildman–Crippen MR) is 80.7 cm³/mol. The molecule has 1 spiro atoms. The maximum absolute atomic E-state index is 11.8. The van der Waals surface area contributed by atoms with E-state index >= 15 is 0 Å². The number of hydrogen-bond donors (Lipinski definition) is 2. The fraction of sp³-hybridized carbons (Fsp3) is 0.562. The van der Waals surface area contributed by atoms with E-state index < -0.39 is 11.7 Å². The van der Waals surface area contributed by atoms with E-state index in [2.05, 4.69) is 0 Å². The summed E-state index contributed by atoms with van der Waals surface area (Å²) < 4.78 is 11.2. The molecular formula is C16H22N2O4. The average molecular weight is 306 g/mol. The molecule has 1 aromatic carbocycles. The Bertz CT molecular complexity index is 565. The predicted octanol–water partition coefficient (Wildman–Crippen LogP) is 0.0997. The van der Waals surface area contributed by atoms with Crippen LogP contribution in [0.4, 0.5) is 0 Å². The minimum Gasteiger partial charge on any atom is -0.497 e. The number of amides is 1. The number of nitrogens with zero attached hydrogens (tertiary/aromatic N) is 1. The van der Waals surface area contributed by atoms with Gasteiger partial charge in [0.05, 0.1) is 26.8 Å². The highest BCUT2D eigenvalue weighted by atomic mass is 16.5. The van der Waals surface area contributed by atoms with Crippen LogP contribution in [-0.4, -0.2) is 61.0 Å². The summed E-state index contributed by atoms with van der Waals surface area (Å²) in [6.07, 6.45) is 0.0222. The molecule has 0 saturated carbocycles. The summed E-state index contributed by atoms with van der Waals surface area (Å²) in [4.78, 5) is 13.3. The van der Waals surface area contributed by atoms with E-state index in [1.54, 1.807) is 12.0 Å². The lowest BCUT2D eigenvalue weighted by molar-refractivity contribution is -0.129. The number of β-amino-alcohol motifs (C(OH)–C–C–N with tert-alkyl or cyclic N) is 1. The number of likely N-dealkylation sites (tertiary alicyclic amines) is 1. The molecule has 6 nitrogen and oxygen atoms in total. The van der Waals surface area contributed by atoms with Crippen molar-refractivity contribution in [3.63, 3.8) is 0 Å². The number of carbonyl (C=O) groups is 1. The Kier molecular flexibility index (Phi) is 4.08. The van der Waals surface area contributed by atoms with Crippen molar-refractivity contribution in [1.82, 2.24) is 4.90 Å². The molecule has 0 aromatic heterocycles. The van der Waals surface area contributed by atoms with Crippen LogP contribution in [0.25, 0.3) is 0 Å². The summed E-state index contributed by atoms with van der Waals surface area (Å²) in [5, 5.41) is 10.4. The minimum atomic E-state index is -0.668.